The van der Waals surface area contributed by atoms with Gasteiger partial charge in [0.25, 0.3) is 0 Å². The fourth-order valence-corrected chi connectivity index (χ4v) is 3.43. The van der Waals surface area contributed by atoms with E-state index in [0.29, 0.717) is 24.1 Å². The summed E-state index contributed by atoms with van der Waals surface area (Å²) < 4.78 is 0. The number of halogens is 1. The van der Waals surface area contributed by atoms with Gasteiger partial charge in [-0.25, -0.2) is 4.98 Å². The summed E-state index contributed by atoms with van der Waals surface area (Å²) in [4.78, 5) is 16.2. The molecule has 0 aliphatic rings. The summed E-state index contributed by atoms with van der Waals surface area (Å²) in [6.45, 7) is 6.39. The molecular weight excluding hydrogens is 362 g/mol. The van der Waals surface area contributed by atoms with Crippen LogP contribution in [0, 0.1) is 5.92 Å². The van der Waals surface area contributed by atoms with Gasteiger partial charge in [0.05, 0.1) is 12.6 Å². The lowest BCUT2D eigenvalue weighted by Crippen LogP contribution is -2.27. The lowest BCUT2D eigenvalue weighted by atomic mass is 9.96. The minimum atomic E-state index is -0.107. The van der Waals surface area contributed by atoms with E-state index >= 15 is 0 Å². The van der Waals surface area contributed by atoms with E-state index in [2.05, 4.69) is 70.3 Å². The molecule has 0 spiro atoms. The average Bonchev–Trinajstić information content (AvgIpc) is 3.07. The number of nitrogens with one attached hydrogen (secondary N) is 2. The lowest BCUT2D eigenvalue weighted by molar-refractivity contribution is 0.259. The molecule has 2 aromatic heterocycles. The number of hydrogen-bond acceptors (Lipinski definition) is 5. The second-order valence-electron chi connectivity index (χ2n) is 7.43. The minimum Gasteiger partial charge on any atom is -0.394 e. The van der Waals surface area contributed by atoms with E-state index in [-0.39, 0.29) is 23.9 Å². The quantitative estimate of drug-likeness (QED) is 0.540. The average molecular weight is 388 g/mol. The highest BCUT2D eigenvalue weighted by Gasteiger charge is 2.15. The highest BCUT2D eigenvalue weighted by Crippen LogP contribution is 2.24. The molecule has 0 fully saturated rings. The summed E-state index contributed by atoms with van der Waals surface area (Å²) >= 11 is 6.11. The van der Waals surface area contributed by atoms with Gasteiger partial charge in [0.15, 0.2) is 0 Å². The Hall–Kier alpha value is -2.18. The van der Waals surface area contributed by atoms with Crippen LogP contribution in [0.15, 0.2) is 30.5 Å². The molecule has 3 rings (SSSR count). The van der Waals surface area contributed by atoms with E-state index in [0.717, 1.165) is 11.9 Å². The second-order valence-corrected chi connectivity index (χ2v) is 7.77. The standard InChI is InChI=1S/C20H26ClN5O/c1-12(2)8-16(11-27)23-20-25-18(24-19(21)26-20)9-13(3)14-4-5-17-15(10-14)6-7-22-17/h4-7,10,12-13,16,22,27H,8-9,11H2,1-3H3,(H,23,24,25,26). The molecule has 0 aliphatic carbocycles. The molecule has 0 saturated carbocycles. The molecule has 2 unspecified atom stereocenters. The third-order valence-corrected chi connectivity index (χ3v) is 4.77. The van der Waals surface area contributed by atoms with Crippen LogP contribution in [0.5, 0.6) is 0 Å². The maximum Gasteiger partial charge on any atom is 0.227 e. The number of aliphatic hydroxyl groups excluding tert-OH is 1. The molecule has 1 aromatic carbocycles. The Morgan fingerprint density at radius 3 is 2.70 bits per heavy atom. The van der Waals surface area contributed by atoms with Crippen LogP contribution in [-0.2, 0) is 6.42 Å². The summed E-state index contributed by atoms with van der Waals surface area (Å²) in [5, 5.41) is 14.1. The largest absolute Gasteiger partial charge is 0.394 e. The fraction of sp³-hybridized carbons (Fsp3) is 0.450. The number of H-pyrrole nitrogens is 1. The molecule has 3 aromatic rings. The molecule has 144 valence electrons. The smallest absolute Gasteiger partial charge is 0.227 e. The second kappa shape index (κ2) is 8.67. The maximum atomic E-state index is 9.57. The van der Waals surface area contributed by atoms with E-state index in [1.165, 1.54) is 10.9 Å². The van der Waals surface area contributed by atoms with Crippen molar-refractivity contribution in [1.82, 2.24) is 19.9 Å². The Kier molecular flexibility index (Phi) is 6.29. The zero-order chi connectivity index (χ0) is 19.4. The zero-order valence-electron chi connectivity index (χ0n) is 15.9. The molecule has 2 atom stereocenters. The highest BCUT2D eigenvalue weighted by atomic mass is 35.5. The van der Waals surface area contributed by atoms with Crippen LogP contribution in [0.2, 0.25) is 5.28 Å². The molecule has 2 heterocycles. The molecule has 3 N–H and O–H groups in total. The SMILES string of the molecule is CC(C)CC(CO)Nc1nc(Cl)nc(CC(C)c2ccc3[nH]ccc3c2)n1. The van der Waals surface area contributed by atoms with Crippen LogP contribution >= 0.6 is 11.6 Å². The van der Waals surface area contributed by atoms with Crippen molar-refractivity contribution in [3.8, 4) is 0 Å². The number of hydrogen-bond donors (Lipinski definition) is 3. The van der Waals surface area contributed by atoms with Gasteiger partial charge in [0, 0.05) is 18.1 Å². The van der Waals surface area contributed by atoms with Gasteiger partial charge in [0.1, 0.15) is 5.82 Å². The van der Waals surface area contributed by atoms with Crippen LogP contribution in [0.25, 0.3) is 10.9 Å². The Bertz CT molecular complexity index is 895. The van der Waals surface area contributed by atoms with Crippen molar-refractivity contribution in [2.75, 3.05) is 11.9 Å². The predicted octanol–water partition coefficient (Wildman–Crippen LogP) is 4.17. The summed E-state index contributed by atoms with van der Waals surface area (Å²) in [5.74, 6) is 1.74. The fourth-order valence-electron chi connectivity index (χ4n) is 3.25. The van der Waals surface area contributed by atoms with E-state index in [4.69, 9.17) is 11.6 Å². The first-order valence-electron chi connectivity index (χ1n) is 9.29. The van der Waals surface area contributed by atoms with Gasteiger partial charge < -0.3 is 15.4 Å². The van der Waals surface area contributed by atoms with Gasteiger partial charge >= 0.3 is 0 Å². The first-order valence-corrected chi connectivity index (χ1v) is 9.67. The van der Waals surface area contributed by atoms with E-state index < -0.39 is 0 Å². The predicted molar refractivity (Wildman–Crippen MR) is 109 cm³/mol. The Labute approximate surface area is 164 Å². The van der Waals surface area contributed by atoms with Crippen LogP contribution in [0.4, 0.5) is 5.95 Å². The van der Waals surface area contributed by atoms with Crippen molar-refractivity contribution < 1.29 is 5.11 Å². The van der Waals surface area contributed by atoms with Crippen molar-refractivity contribution >= 4 is 28.5 Å². The van der Waals surface area contributed by atoms with Crippen LogP contribution < -0.4 is 5.32 Å². The Morgan fingerprint density at radius 2 is 1.96 bits per heavy atom. The normalized spacial score (nSPS) is 13.9. The minimum absolute atomic E-state index is 0.0178. The third-order valence-electron chi connectivity index (χ3n) is 4.60. The van der Waals surface area contributed by atoms with Gasteiger partial charge in [-0.05, 0) is 59.0 Å². The van der Waals surface area contributed by atoms with Crippen LogP contribution in [-0.4, -0.2) is 37.7 Å². The van der Waals surface area contributed by atoms with Gasteiger partial charge in [-0.3, -0.25) is 0 Å². The summed E-state index contributed by atoms with van der Waals surface area (Å²) in [5.41, 5.74) is 2.35. The number of aromatic amines is 1. The zero-order valence-corrected chi connectivity index (χ0v) is 16.7. The number of nitrogens with zero attached hydrogens (tertiary/aromatic N) is 3. The molecule has 27 heavy (non-hydrogen) atoms. The summed E-state index contributed by atoms with van der Waals surface area (Å²) in [7, 11) is 0. The Balaban J connectivity index is 1.74. The molecular formula is C20H26ClN5O. The van der Waals surface area contributed by atoms with Crippen molar-refractivity contribution in [3.05, 3.63) is 47.1 Å². The van der Waals surface area contributed by atoms with Crippen molar-refractivity contribution in [1.29, 1.82) is 0 Å². The van der Waals surface area contributed by atoms with Gasteiger partial charge in [-0.1, -0.05) is 26.8 Å². The first-order chi connectivity index (χ1) is 12.9. The third kappa shape index (κ3) is 5.17. The van der Waals surface area contributed by atoms with Crippen LogP contribution in [0.1, 0.15) is 44.5 Å². The number of aliphatic hydroxyl groups is 1. The van der Waals surface area contributed by atoms with Gasteiger partial charge in [0.2, 0.25) is 11.2 Å². The number of rotatable bonds is 8. The molecule has 0 amide bonds. The number of anilines is 1. The summed E-state index contributed by atoms with van der Waals surface area (Å²) in [6, 6.07) is 8.35. The van der Waals surface area contributed by atoms with Crippen molar-refractivity contribution in [3.63, 3.8) is 0 Å². The molecule has 0 bridgehead atoms. The number of fused-ring (bicyclic) bond motifs is 1. The monoisotopic (exact) mass is 387 g/mol. The summed E-state index contributed by atoms with van der Waals surface area (Å²) in [6.07, 6.45) is 3.42. The molecule has 0 aliphatic heterocycles. The van der Waals surface area contributed by atoms with E-state index in [9.17, 15) is 5.11 Å². The van der Waals surface area contributed by atoms with E-state index in [1.807, 2.05) is 6.20 Å². The first kappa shape index (κ1) is 19.6. The van der Waals surface area contributed by atoms with Crippen molar-refractivity contribution in [2.45, 2.75) is 45.6 Å². The Morgan fingerprint density at radius 1 is 1.15 bits per heavy atom. The maximum absolute atomic E-state index is 9.57. The number of benzene rings is 1. The lowest BCUT2D eigenvalue weighted by Gasteiger charge is -2.18. The van der Waals surface area contributed by atoms with Gasteiger partial charge in [-0.2, -0.15) is 9.97 Å². The topological polar surface area (TPSA) is 86.7 Å². The molecule has 0 saturated heterocycles. The molecule has 0 radical (unpaired) electrons. The van der Waals surface area contributed by atoms with E-state index in [1.54, 1.807) is 0 Å². The molecule has 6 nitrogen and oxygen atoms in total. The number of aromatic nitrogens is 4. The van der Waals surface area contributed by atoms with Crippen molar-refractivity contribution in [2.24, 2.45) is 5.92 Å². The van der Waals surface area contributed by atoms with Gasteiger partial charge in [-0.15, -0.1) is 0 Å². The molecule has 7 heteroatoms. The highest BCUT2D eigenvalue weighted by molar-refractivity contribution is 6.28. The van der Waals surface area contributed by atoms with Crippen LogP contribution in [0.3, 0.4) is 0 Å².